The van der Waals surface area contributed by atoms with Crippen LogP contribution in [0, 0.1) is 5.92 Å². The van der Waals surface area contributed by atoms with Gasteiger partial charge in [0, 0.05) is 5.94 Å². The molecule has 0 spiro atoms. The zero-order chi connectivity index (χ0) is 16.0. The van der Waals surface area contributed by atoms with Crippen LogP contribution in [0.1, 0.15) is 39.5 Å². The maximum absolute atomic E-state index is 12.2. The maximum Gasteiger partial charge on any atom is 0.241 e. The van der Waals surface area contributed by atoms with Gasteiger partial charge in [-0.25, -0.2) is 0 Å². The fourth-order valence-corrected chi connectivity index (χ4v) is 2.52. The zero-order valence-electron chi connectivity index (χ0n) is 13.6. The smallest absolute Gasteiger partial charge is 0.241 e. The van der Waals surface area contributed by atoms with E-state index in [0.717, 1.165) is 12.3 Å². The summed E-state index contributed by atoms with van der Waals surface area (Å²) in [6.45, 7) is 8.15. The third-order valence-electron chi connectivity index (χ3n) is 4.34. The molecule has 0 saturated heterocycles. The van der Waals surface area contributed by atoms with Crippen molar-refractivity contribution >= 4 is 27.9 Å². The average Bonchev–Trinajstić information content (AvgIpc) is 2.39. The monoisotopic (exact) mass is 313 g/mol. The first-order valence-electron chi connectivity index (χ1n) is 7.92. The van der Waals surface area contributed by atoms with E-state index < -0.39 is 6.04 Å². The van der Waals surface area contributed by atoms with Gasteiger partial charge in [-0.1, -0.05) is 42.3 Å². The van der Waals surface area contributed by atoms with E-state index in [9.17, 15) is 9.59 Å². The first-order chi connectivity index (χ1) is 9.85. The molecule has 7 heteroatoms. The Labute approximate surface area is 131 Å². The first-order valence-corrected chi connectivity index (χ1v) is 8.49. The molecule has 0 aliphatic heterocycles. The molecule has 2 amide bonds. The molecule has 1 fully saturated rings. The lowest BCUT2D eigenvalue weighted by molar-refractivity contribution is -0.129. The van der Waals surface area contributed by atoms with Crippen molar-refractivity contribution in [3.63, 3.8) is 0 Å². The summed E-state index contributed by atoms with van der Waals surface area (Å²) in [5.41, 5.74) is 0. The van der Waals surface area contributed by atoms with Gasteiger partial charge in [-0.05, 0) is 26.2 Å². The van der Waals surface area contributed by atoms with Crippen LogP contribution in [-0.4, -0.2) is 36.6 Å². The second-order valence-corrected chi connectivity index (χ2v) is 6.84. The maximum atomic E-state index is 12.2. The Morgan fingerprint density at radius 3 is 2.14 bits per heavy atom. The number of nitrogens with one attached hydrogen (secondary N) is 3. The standard InChI is InChI=1S/C14H29BN3O2P/c1-9(16-14(20)10(2)18-21)13(19)17-12(15(3)4)8-11-6-5-7-11/h9-12,18H,5-8,21H2,1-4H3,(H,16,20)(H,17,19)/t9-,10-,12-/m0/s1. The highest BCUT2D eigenvalue weighted by Crippen LogP contribution is 2.30. The van der Waals surface area contributed by atoms with Crippen LogP contribution >= 0.6 is 9.39 Å². The number of carbonyl (C=O) groups is 2. The van der Waals surface area contributed by atoms with E-state index in [1.165, 1.54) is 19.3 Å². The Kier molecular flexibility index (Phi) is 7.68. The minimum atomic E-state index is -0.513. The summed E-state index contributed by atoms with van der Waals surface area (Å²) in [6, 6.07) is -0.845. The van der Waals surface area contributed by atoms with Crippen LogP contribution < -0.4 is 15.7 Å². The Bertz CT molecular complexity index is 364. The van der Waals surface area contributed by atoms with Crippen LogP contribution in [0.3, 0.4) is 0 Å². The predicted molar refractivity (Wildman–Crippen MR) is 91.3 cm³/mol. The Morgan fingerprint density at radius 2 is 1.71 bits per heavy atom. The molecule has 1 unspecified atom stereocenters. The summed E-state index contributed by atoms with van der Waals surface area (Å²) in [7, 11) is 2.31. The van der Waals surface area contributed by atoms with Gasteiger partial charge < -0.3 is 10.6 Å². The average molecular weight is 313 g/mol. The van der Waals surface area contributed by atoms with Crippen molar-refractivity contribution in [2.45, 2.75) is 71.2 Å². The summed E-state index contributed by atoms with van der Waals surface area (Å²) in [6.07, 6.45) is 4.93. The van der Waals surface area contributed by atoms with Gasteiger partial charge in [0.15, 0.2) is 6.71 Å². The Balaban J connectivity index is 2.45. The van der Waals surface area contributed by atoms with Gasteiger partial charge >= 0.3 is 0 Å². The zero-order valence-corrected chi connectivity index (χ0v) is 14.8. The van der Waals surface area contributed by atoms with Gasteiger partial charge in [0.25, 0.3) is 0 Å². The summed E-state index contributed by atoms with van der Waals surface area (Å²) in [5, 5.41) is 8.61. The second-order valence-electron chi connectivity index (χ2n) is 6.51. The van der Waals surface area contributed by atoms with Crippen LogP contribution in [0.15, 0.2) is 0 Å². The molecule has 4 atom stereocenters. The summed E-state index contributed by atoms with van der Waals surface area (Å²) < 4.78 is 0. The molecular weight excluding hydrogens is 284 g/mol. The quantitative estimate of drug-likeness (QED) is 0.466. The molecule has 0 radical (unpaired) electrons. The van der Waals surface area contributed by atoms with Gasteiger partial charge in [0.2, 0.25) is 11.8 Å². The van der Waals surface area contributed by atoms with Gasteiger partial charge in [-0.2, -0.15) is 0 Å². The Morgan fingerprint density at radius 1 is 1.14 bits per heavy atom. The third-order valence-corrected chi connectivity index (χ3v) is 4.84. The molecule has 0 aromatic rings. The van der Waals surface area contributed by atoms with E-state index in [-0.39, 0.29) is 23.8 Å². The van der Waals surface area contributed by atoms with E-state index in [1.807, 2.05) is 0 Å². The third kappa shape index (κ3) is 5.95. The van der Waals surface area contributed by atoms with Crippen LogP contribution in [0.4, 0.5) is 0 Å². The molecule has 120 valence electrons. The lowest BCUT2D eigenvalue weighted by Gasteiger charge is -2.32. The first kappa shape index (κ1) is 18.4. The Hall–Kier alpha value is -0.605. The largest absolute Gasteiger partial charge is 0.359 e. The highest BCUT2D eigenvalue weighted by Gasteiger charge is 2.28. The molecular formula is C14H29BN3O2P. The highest BCUT2D eigenvalue weighted by atomic mass is 31.0. The van der Waals surface area contributed by atoms with Crippen molar-refractivity contribution in [3.05, 3.63) is 0 Å². The molecule has 1 aliphatic rings. The number of hydrogen-bond donors (Lipinski definition) is 3. The van der Waals surface area contributed by atoms with E-state index in [0.29, 0.717) is 6.71 Å². The van der Waals surface area contributed by atoms with Crippen molar-refractivity contribution in [3.8, 4) is 0 Å². The van der Waals surface area contributed by atoms with Crippen LogP contribution in [0.25, 0.3) is 0 Å². The molecule has 0 heterocycles. The van der Waals surface area contributed by atoms with Gasteiger partial charge in [-0.3, -0.25) is 14.7 Å². The molecule has 1 rings (SSSR count). The van der Waals surface area contributed by atoms with Gasteiger partial charge in [-0.15, -0.1) is 0 Å². The number of carbonyl (C=O) groups excluding carboxylic acids is 2. The minimum Gasteiger partial charge on any atom is -0.359 e. The molecule has 0 aromatic heterocycles. The van der Waals surface area contributed by atoms with E-state index in [4.69, 9.17) is 0 Å². The topological polar surface area (TPSA) is 70.2 Å². The summed E-state index contributed by atoms with van der Waals surface area (Å²) in [4.78, 5) is 24.0. The van der Waals surface area contributed by atoms with E-state index in [1.54, 1.807) is 13.8 Å². The predicted octanol–water partition coefficient (Wildman–Crippen LogP) is 1.23. The highest BCUT2D eigenvalue weighted by molar-refractivity contribution is 7.13. The number of hydrogen-bond acceptors (Lipinski definition) is 3. The van der Waals surface area contributed by atoms with Crippen LogP contribution in [-0.2, 0) is 9.59 Å². The second kappa shape index (κ2) is 8.74. The molecule has 21 heavy (non-hydrogen) atoms. The fraction of sp³-hybridized carbons (Fsp3) is 0.857. The molecule has 0 bridgehead atoms. The van der Waals surface area contributed by atoms with Crippen molar-refractivity contribution in [1.29, 1.82) is 0 Å². The van der Waals surface area contributed by atoms with Crippen molar-refractivity contribution in [2.75, 3.05) is 0 Å². The van der Waals surface area contributed by atoms with Crippen molar-refractivity contribution in [1.82, 2.24) is 15.7 Å². The fourth-order valence-electron chi connectivity index (χ4n) is 2.37. The number of amides is 2. The van der Waals surface area contributed by atoms with Crippen LogP contribution in [0.2, 0.25) is 13.6 Å². The van der Waals surface area contributed by atoms with Crippen molar-refractivity contribution < 1.29 is 9.59 Å². The van der Waals surface area contributed by atoms with E-state index >= 15 is 0 Å². The summed E-state index contributed by atoms with van der Waals surface area (Å²) in [5.74, 6) is 0.674. The normalized spacial score (nSPS) is 19.1. The number of rotatable bonds is 8. The lowest BCUT2D eigenvalue weighted by atomic mass is 9.46. The molecule has 1 saturated carbocycles. The molecule has 3 N–H and O–H groups in total. The molecule has 0 aromatic carbocycles. The van der Waals surface area contributed by atoms with Gasteiger partial charge in [0.05, 0.1) is 6.04 Å². The van der Waals surface area contributed by atoms with Crippen LogP contribution in [0.5, 0.6) is 0 Å². The van der Waals surface area contributed by atoms with Gasteiger partial charge in [0.1, 0.15) is 6.04 Å². The van der Waals surface area contributed by atoms with E-state index in [2.05, 4.69) is 38.8 Å². The SMILES string of the molecule is CB(C)[C@H](CC1CCC1)NC(=O)[C@H](C)NC(=O)[C@H](C)NP. The molecule has 1 aliphatic carbocycles. The minimum absolute atomic E-state index is 0.0997. The summed E-state index contributed by atoms with van der Waals surface area (Å²) >= 11 is 0. The lowest BCUT2D eigenvalue weighted by Crippen LogP contribution is -2.54. The van der Waals surface area contributed by atoms with Crippen molar-refractivity contribution in [2.24, 2.45) is 5.92 Å². The molecule has 5 nitrogen and oxygen atoms in total.